The second-order valence-electron chi connectivity index (χ2n) is 4.05. The third-order valence-corrected chi connectivity index (χ3v) is 2.55. The molecule has 1 heterocycles. The molecule has 6 heteroatoms. The van der Waals surface area contributed by atoms with Crippen LogP contribution in [0.3, 0.4) is 0 Å². The lowest BCUT2D eigenvalue weighted by Gasteiger charge is -2.03. The van der Waals surface area contributed by atoms with E-state index < -0.39 is 6.10 Å². The normalized spacial score (nSPS) is 12.3. The van der Waals surface area contributed by atoms with Crippen LogP contribution in [0.2, 0.25) is 0 Å². The fourth-order valence-electron chi connectivity index (χ4n) is 1.56. The molecule has 3 N–H and O–H groups in total. The van der Waals surface area contributed by atoms with Gasteiger partial charge < -0.3 is 20.1 Å². The number of nitrogens with two attached hydrogens (primary N) is 1. The van der Waals surface area contributed by atoms with Crippen molar-refractivity contribution in [1.29, 1.82) is 0 Å². The van der Waals surface area contributed by atoms with Gasteiger partial charge in [0.1, 0.15) is 11.9 Å². The molecule has 2 rings (SSSR count). The minimum Gasteiger partial charge on any atom is -0.493 e. The number of para-hydroxylation sites is 1. The van der Waals surface area contributed by atoms with Crippen molar-refractivity contribution in [3.63, 3.8) is 0 Å². The molecule has 0 saturated carbocycles. The average Bonchev–Trinajstić information content (AvgIpc) is 2.89. The van der Waals surface area contributed by atoms with Gasteiger partial charge in [0, 0.05) is 6.42 Å². The maximum atomic E-state index is 9.63. The zero-order chi connectivity index (χ0) is 13.5. The lowest BCUT2D eigenvalue weighted by atomic mass is 10.2. The fraction of sp³-hybridized carbons (Fsp3) is 0.385. The number of hydrogen-bond donors (Lipinski definition) is 2. The van der Waals surface area contributed by atoms with Crippen LogP contribution < -0.4 is 10.5 Å². The van der Waals surface area contributed by atoms with Crippen molar-refractivity contribution < 1.29 is 14.4 Å². The molecule has 102 valence electrons. The van der Waals surface area contributed by atoms with Crippen LogP contribution in [0.4, 0.5) is 0 Å². The Morgan fingerprint density at radius 2 is 2.11 bits per heavy atom. The van der Waals surface area contributed by atoms with Crippen molar-refractivity contribution in [2.75, 3.05) is 13.2 Å². The van der Waals surface area contributed by atoms with Gasteiger partial charge in [-0.1, -0.05) is 23.4 Å². The summed E-state index contributed by atoms with van der Waals surface area (Å²) >= 11 is 0. The van der Waals surface area contributed by atoms with Gasteiger partial charge in [-0.05, 0) is 25.1 Å². The molecule has 0 bridgehead atoms. The van der Waals surface area contributed by atoms with Crippen molar-refractivity contribution in [3.8, 4) is 5.75 Å². The Morgan fingerprint density at radius 3 is 2.84 bits per heavy atom. The fourth-order valence-corrected chi connectivity index (χ4v) is 1.56. The second kappa shape index (κ2) is 6.86. The van der Waals surface area contributed by atoms with E-state index in [0.29, 0.717) is 31.8 Å². The van der Waals surface area contributed by atoms with Crippen LogP contribution in [-0.2, 0) is 6.42 Å². The maximum absolute atomic E-state index is 9.63. The number of hydrogen-bond acceptors (Lipinski definition) is 6. The van der Waals surface area contributed by atoms with Crippen LogP contribution in [0.25, 0.3) is 0 Å². The third-order valence-electron chi connectivity index (χ3n) is 2.55. The molecule has 0 radical (unpaired) electrons. The molecule has 0 aliphatic rings. The van der Waals surface area contributed by atoms with E-state index in [1.807, 2.05) is 30.3 Å². The molecule has 0 spiro atoms. The Bertz CT molecular complexity index is 487. The molecule has 1 aromatic heterocycles. The van der Waals surface area contributed by atoms with Gasteiger partial charge in [-0.25, -0.2) is 0 Å². The average molecular weight is 263 g/mol. The van der Waals surface area contributed by atoms with Gasteiger partial charge >= 0.3 is 0 Å². The van der Waals surface area contributed by atoms with Crippen LogP contribution in [-0.4, -0.2) is 28.4 Å². The number of aliphatic hydroxyl groups excluding tert-OH is 1. The summed E-state index contributed by atoms with van der Waals surface area (Å²) in [5, 5.41) is 13.4. The number of nitrogens with zero attached hydrogens (tertiary/aromatic N) is 2. The third kappa shape index (κ3) is 4.04. The zero-order valence-electron chi connectivity index (χ0n) is 10.5. The SMILES string of the molecule is NCCC(O)c1nc(CCOc2ccccc2)no1. The molecule has 2 aromatic rings. The predicted octanol–water partition coefficient (Wildman–Crippen LogP) is 1.07. The molecule has 0 fully saturated rings. The Hall–Kier alpha value is -1.92. The molecule has 0 aliphatic heterocycles. The first-order valence-corrected chi connectivity index (χ1v) is 6.18. The minimum atomic E-state index is -0.790. The summed E-state index contributed by atoms with van der Waals surface area (Å²) in [4.78, 5) is 4.10. The summed E-state index contributed by atoms with van der Waals surface area (Å²) in [5.41, 5.74) is 5.35. The molecule has 0 aliphatic carbocycles. The van der Waals surface area contributed by atoms with Crippen LogP contribution in [0, 0.1) is 0 Å². The van der Waals surface area contributed by atoms with Crippen LogP contribution in [0.1, 0.15) is 24.2 Å². The smallest absolute Gasteiger partial charge is 0.255 e. The van der Waals surface area contributed by atoms with Crippen molar-refractivity contribution in [2.24, 2.45) is 5.73 Å². The van der Waals surface area contributed by atoms with E-state index in [0.717, 1.165) is 5.75 Å². The lowest BCUT2D eigenvalue weighted by molar-refractivity contribution is 0.127. The first-order chi connectivity index (χ1) is 9.29. The summed E-state index contributed by atoms with van der Waals surface area (Å²) in [7, 11) is 0. The van der Waals surface area contributed by atoms with Crippen molar-refractivity contribution >= 4 is 0 Å². The number of benzene rings is 1. The first-order valence-electron chi connectivity index (χ1n) is 6.18. The van der Waals surface area contributed by atoms with E-state index in [2.05, 4.69) is 10.1 Å². The zero-order valence-corrected chi connectivity index (χ0v) is 10.5. The molecule has 0 saturated heterocycles. The molecule has 1 atom stereocenters. The van der Waals surface area contributed by atoms with Gasteiger partial charge in [-0.3, -0.25) is 0 Å². The monoisotopic (exact) mass is 263 g/mol. The van der Waals surface area contributed by atoms with E-state index in [1.54, 1.807) is 0 Å². The van der Waals surface area contributed by atoms with Crippen LogP contribution >= 0.6 is 0 Å². The van der Waals surface area contributed by atoms with Gasteiger partial charge in [0.25, 0.3) is 5.89 Å². The van der Waals surface area contributed by atoms with Crippen molar-refractivity contribution in [1.82, 2.24) is 10.1 Å². The predicted molar refractivity (Wildman–Crippen MR) is 68.6 cm³/mol. The number of rotatable bonds is 7. The van der Waals surface area contributed by atoms with E-state index in [1.165, 1.54) is 0 Å². The summed E-state index contributed by atoms with van der Waals surface area (Å²) < 4.78 is 10.5. The molecule has 1 aromatic carbocycles. The van der Waals surface area contributed by atoms with E-state index >= 15 is 0 Å². The summed E-state index contributed by atoms with van der Waals surface area (Å²) in [6, 6.07) is 9.51. The van der Waals surface area contributed by atoms with Crippen LogP contribution in [0.15, 0.2) is 34.9 Å². The summed E-state index contributed by atoms with van der Waals surface area (Å²) in [6.45, 7) is 0.825. The highest BCUT2D eigenvalue weighted by molar-refractivity contribution is 5.20. The Labute approximate surface area is 111 Å². The van der Waals surface area contributed by atoms with E-state index in [4.69, 9.17) is 15.0 Å². The summed E-state index contributed by atoms with van der Waals surface area (Å²) in [5.74, 6) is 1.52. The van der Waals surface area contributed by atoms with Crippen LogP contribution in [0.5, 0.6) is 5.75 Å². The van der Waals surface area contributed by atoms with Crippen molar-refractivity contribution in [3.05, 3.63) is 42.0 Å². The van der Waals surface area contributed by atoms with Gasteiger partial charge in [-0.2, -0.15) is 4.98 Å². The largest absolute Gasteiger partial charge is 0.493 e. The highest BCUT2D eigenvalue weighted by Gasteiger charge is 2.15. The van der Waals surface area contributed by atoms with Gasteiger partial charge in [-0.15, -0.1) is 0 Å². The second-order valence-corrected chi connectivity index (χ2v) is 4.05. The Morgan fingerprint density at radius 1 is 1.32 bits per heavy atom. The number of ether oxygens (including phenoxy) is 1. The standard InChI is InChI=1S/C13H17N3O3/c14-8-6-11(17)13-15-12(16-19-13)7-9-18-10-4-2-1-3-5-10/h1-5,11,17H,6-9,14H2. The van der Waals surface area contributed by atoms with Crippen molar-refractivity contribution in [2.45, 2.75) is 18.9 Å². The quantitative estimate of drug-likeness (QED) is 0.776. The number of aliphatic hydroxyl groups is 1. The lowest BCUT2D eigenvalue weighted by Crippen LogP contribution is -2.07. The van der Waals surface area contributed by atoms with E-state index in [9.17, 15) is 5.11 Å². The Balaban J connectivity index is 1.80. The molecule has 19 heavy (non-hydrogen) atoms. The topological polar surface area (TPSA) is 94.4 Å². The molecular formula is C13H17N3O3. The molecule has 6 nitrogen and oxygen atoms in total. The van der Waals surface area contributed by atoms with Gasteiger partial charge in [0.2, 0.25) is 0 Å². The van der Waals surface area contributed by atoms with Gasteiger partial charge in [0.05, 0.1) is 6.61 Å². The molecule has 0 amide bonds. The number of aromatic nitrogens is 2. The highest BCUT2D eigenvalue weighted by atomic mass is 16.5. The molecule has 1 unspecified atom stereocenters. The highest BCUT2D eigenvalue weighted by Crippen LogP contribution is 2.14. The van der Waals surface area contributed by atoms with Gasteiger partial charge in [0.15, 0.2) is 5.82 Å². The molecular weight excluding hydrogens is 246 g/mol. The van der Waals surface area contributed by atoms with E-state index in [-0.39, 0.29) is 5.89 Å². The first kappa shape index (κ1) is 13.5. The summed E-state index contributed by atoms with van der Waals surface area (Å²) in [6.07, 6.45) is 0.136. The maximum Gasteiger partial charge on any atom is 0.255 e. The minimum absolute atomic E-state index is 0.208. The Kier molecular flexibility index (Phi) is 4.88.